The summed E-state index contributed by atoms with van der Waals surface area (Å²) in [6.45, 7) is 0.988. The van der Waals surface area contributed by atoms with Gasteiger partial charge < -0.3 is 5.11 Å². The molecule has 1 aromatic carbocycles. The third-order valence-corrected chi connectivity index (χ3v) is 4.12. The van der Waals surface area contributed by atoms with Crippen LogP contribution in [0.4, 0.5) is 13.2 Å². The van der Waals surface area contributed by atoms with Crippen LogP contribution in [-0.4, -0.2) is 32.4 Å². The van der Waals surface area contributed by atoms with Crippen LogP contribution in [0.25, 0.3) is 0 Å². The zero-order valence-corrected chi connectivity index (χ0v) is 12.7. The van der Waals surface area contributed by atoms with Gasteiger partial charge >= 0.3 is 6.18 Å². The largest absolute Gasteiger partial charge is 0.416 e. The molecule has 7 heteroatoms. The highest BCUT2D eigenvalue weighted by Crippen LogP contribution is 2.36. The van der Waals surface area contributed by atoms with Gasteiger partial charge in [-0.2, -0.15) is 18.3 Å². The monoisotopic (exact) mass is 325 g/mol. The molecule has 2 atom stereocenters. The summed E-state index contributed by atoms with van der Waals surface area (Å²) in [7, 11) is 1.81. The van der Waals surface area contributed by atoms with E-state index in [0.717, 1.165) is 11.6 Å². The van der Waals surface area contributed by atoms with Crippen LogP contribution in [0.15, 0.2) is 36.7 Å². The maximum absolute atomic E-state index is 12.9. The molecule has 4 nitrogen and oxygen atoms in total. The summed E-state index contributed by atoms with van der Waals surface area (Å²) in [4.78, 5) is 2.00. The number of aryl methyl sites for hydroxylation is 1. The average Bonchev–Trinajstić information content (AvgIpc) is 3.04. The molecule has 1 fully saturated rings. The van der Waals surface area contributed by atoms with Crippen molar-refractivity contribution < 1.29 is 18.3 Å². The van der Waals surface area contributed by atoms with Gasteiger partial charge in [0.15, 0.2) is 0 Å². The van der Waals surface area contributed by atoms with E-state index in [1.165, 1.54) is 12.1 Å². The second kappa shape index (κ2) is 5.98. The maximum atomic E-state index is 12.9. The van der Waals surface area contributed by atoms with Crippen molar-refractivity contribution in [3.63, 3.8) is 0 Å². The number of aliphatic hydroxyl groups excluding tert-OH is 1. The number of hydrogen-bond acceptors (Lipinski definition) is 3. The van der Waals surface area contributed by atoms with E-state index in [9.17, 15) is 18.3 Å². The molecule has 0 saturated carbocycles. The fourth-order valence-electron chi connectivity index (χ4n) is 3.11. The first-order chi connectivity index (χ1) is 10.8. The van der Waals surface area contributed by atoms with Crippen molar-refractivity contribution >= 4 is 0 Å². The minimum Gasteiger partial charge on any atom is -0.392 e. The smallest absolute Gasteiger partial charge is 0.392 e. The molecule has 0 amide bonds. The molecule has 1 aliphatic rings. The number of aromatic nitrogens is 2. The highest BCUT2D eigenvalue weighted by molar-refractivity contribution is 5.29. The summed E-state index contributed by atoms with van der Waals surface area (Å²) in [5.41, 5.74) is 0.900. The molecule has 23 heavy (non-hydrogen) atoms. The number of hydrogen-bond donors (Lipinski definition) is 1. The van der Waals surface area contributed by atoms with Crippen LogP contribution in [0.1, 0.15) is 29.2 Å². The van der Waals surface area contributed by atoms with E-state index in [0.29, 0.717) is 25.1 Å². The van der Waals surface area contributed by atoms with Crippen molar-refractivity contribution in [3.8, 4) is 0 Å². The van der Waals surface area contributed by atoms with Crippen LogP contribution in [0.2, 0.25) is 0 Å². The molecule has 1 saturated heterocycles. The van der Waals surface area contributed by atoms with Crippen molar-refractivity contribution in [2.24, 2.45) is 7.05 Å². The molecule has 2 heterocycles. The van der Waals surface area contributed by atoms with Crippen LogP contribution in [0, 0.1) is 0 Å². The molecule has 3 rings (SSSR count). The van der Waals surface area contributed by atoms with Crippen LogP contribution < -0.4 is 0 Å². The molecular formula is C16H18F3N3O. The first kappa shape index (κ1) is 16.0. The van der Waals surface area contributed by atoms with E-state index in [4.69, 9.17) is 0 Å². The molecule has 124 valence electrons. The van der Waals surface area contributed by atoms with Gasteiger partial charge in [-0.25, -0.2) is 0 Å². The Morgan fingerprint density at radius 1 is 1.35 bits per heavy atom. The third-order valence-electron chi connectivity index (χ3n) is 4.12. The van der Waals surface area contributed by atoms with Gasteiger partial charge in [0.25, 0.3) is 0 Å². The first-order valence-corrected chi connectivity index (χ1v) is 7.40. The lowest BCUT2D eigenvalue weighted by Crippen LogP contribution is -2.24. The minimum absolute atomic E-state index is 0.229. The second-order valence-electron chi connectivity index (χ2n) is 5.98. The number of alkyl halides is 3. The quantitative estimate of drug-likeness (QED) is 0.943. The zero-order chi connectivity index (χ0) is 16.6. The van der Waals surface area contributed by atoms with E-state index in [1.54, 1.807) is 16.9 Å². The molecule has 1 aromatic heterocycles. The average molecular weight is 325 g/mol. The Morgan fingerprint density at radius 2 is 2.13 bits per heavy atom. The highest BCUT2D eigenvalue weighted by Gasteiger charge is 2.35. The van der Waals surface area contributed by atoms with E-state index in [-0.39, 0.29) is 6.04 Å². The number of rotatable bonds is 3. The summed E-state index contributed by atoms with van der Waals surface area (Å²) < 4.78 is 40.4. The van der Waals surface area contributed by atoms with E-state index >= 15 is 0 Å². The molecule has 0 bridgehead atoms. The Labute approximate surface area is 132 Å². The van der Waals surface area contributed by atoms with Gasteiger partial charge in [-0.15, -0.1) is 0 Å². The molecule has 0 unspecified atom stereocenters. The third kappa shape index (κ3) is 3.56. The fraction of sp³-hybridized carbons (Fsp3) is 0.438. The molecule has 0 spiro atoms. The van der Waals surface area contributed by atoms with Gasteiger partial charge in [0.1, 0.15) is 0 Å². The summed E-state index contributed by atoms with van der Waals surface area (Å²) in [5, 5.41) is 14.1. The van der Waals surface area contributed by atoms with Crippen LogP contribution in [0.3, 0.4) is 0 Å². The predicted molar refractivity (Wildman–Crippen MR) is 78.4 cm³/mol. The lowest BCUT2D eigenvalue weighted by molar-refractivity contribution is -0.137. The second-order valence-corrected chi connectivity index (χ2v) is 5.98. The summed E-state index contributed by atoms with van der Waals surface area (Å²) in [6, 6.07) is 5.13. The fourth-order valence-corrected chi connectivity index (χ4v) is 3.11. The number of halogens is 3. The van der Waals surface area contributed by atoms with Crippen molar-refractivity contribution in [2.75, 3.05) is 6.54 Å². The van der Waals surface area contributed by atoms with E-state index in [1.807, 2.05) is 18.1 Å². The first-order valence-electron chi connectivity index (χ1n) is 7.40. The van der Waals surface area contributed by atoms with Gasteiger partial charge in [0, 0.05) is 37.9 Å². The number of aliphatic hydroxyl groups is 1. The van der Waals surface area contributed by atoms with Gasteiger partial charge in [-0.3, -0.25) is 9.58 Å². The van der Waals surface area contributed by atoms with Gasteiger partial charge in [0.05, 0.1) is 17.9 Å². The number of benzene rings is 1. The summed E-state index contributed by atoms with van der Waals surface area (Å²) in [6.07, 6.45) is -0.865. The Hall–Kier alpha value is -1.86. The van der Waals surface area contributed by atoms with Crippen LogP contribution in [-0.2, 0) is 19.8 Å². The Kier molecular flexibility index (Phi) is 4.16. The number of β-amino-alcohol motifs (C(OH)–C–C–N with tert-alkyl or cyclic N) is 1. The van der Waals surface area contributed by atoms with Crippen molar-refractivity contribution in [3.05, 3.63) is 53.3 Å². The van der Waals surface area contributed by atoms with Crippen LogP contribution >= 0.6 is 0 Å². The van der Waals surface area contributed by atoms with Gasteiger partial charge in [-0.1, -0.05) is 12.1 Å². The molecule has 2 aromatic rings. The van der Waals surface area contributed by atoms with Gasteiger partial charge in [-0.05, 0) is 24.1 Å². The lowest BCUT2D eigenvalue weighted by atomic mass is 10.0. The molecule has 1 aliphatic heterocycles. The topological polar surface area (TPSA) is 41.3 Å². The highest BCUT2D eigenvalue weighted by atomic mass is 19.4. The van der Waals surface area contributed by atoms with Crippen LogP contribution in [0.5, 0.6) is 0 Å². The molecule has 1 N–H and O–H groups in total. The van der Waals surface area contributed by atoms with E-state index in [2.05, 4.69) is 5.10 Å². The Morgan fingerprint density at radius 3 is 2.78 bits per heavy atom. The maximum Gasteiger partial charge on any atom is 0.416 e. The summed E-state index contributed by atoms with van der Waals surface area (Å²) in [5.74, 6) is 0. The summed E-state index contributed by atoms with van der Waals surface area (Å²) >= 11 is 0. The van der Waals surface area contributed by atoms with E-state index < -0.39 is 17.8 Å². The Bertz CT molecular complexity index is 683. The Balaban J connectivity index is 1.84. The van der Waals surface area contributed by atoms with Gasteiger partial charge in [0.2, 0.25) is 0 Å². The number of likely N-dealkylation sites (tertiary alicyclic amines) is 1. The van der Waals surface area contributed by atoms with Crippen molar-refractivity contribution in [1.82, 2.24) is 14.7 Å². The molecule has 0 aliphatic carbocycles. The molecule has 0 radical (unpaired) electrons. The van der Waals surface area contributed by atoms with Crippen molar-refractivity contribution in [1.29, 1.82) is 0 Å². The zero-order valence-electron chi connectivity index (χ0n) is 12.7. The standard InChI is InChI=1S/C16H18F3N3O/c1-21-8-11(7-20-21)9-22-10-14(23)6-15(22)12-3-2-4-13(5-12)16(17,18)19/h2-5,7-8,14-15,23H,6,9-10H2,1H3/t14-,15-/m0/s1. The molecular weight excluding hydrogens is 307 g/mol. The normalized spacial score (nSPS) is 22.7. The lowest BCUT2D eigenvalue weighted by Gasteiger charge is -2.24. The number of nitrogens with zero attached hydrogens (tertiary/aromatic N) is 3. The predicted octanol–water partition coefficient (Wildman–Crippen LogP) is 2.75. The SMILES string of the molecule is Cn1cc(CN2C[C@@H](O)C[C@H]2c2cccc(C(F)(F)F)c2)cn1. The van der Waals surface area contributed by atoms with Crippen molar-refractivity contribution in [2.45, 2.75) is 31.3 Å². The minimum atomic E-state index is -4.36.